The first-order chi connectivity index (χ1) is 10.8. The van der Waals surface area contributed by atoms with Crippen molar-refractivity contribution in [2.45, 2.75) is 52.4 Å². The standard InChI is InChI=1S/C18H23N3O2/c1-11-7-6-8-12(2)15(11)21-10-13(9-14(21)22)16-19-17(20-23-16)18(3,4)5/h6-8,13H,9-10H2,1-5H3. The number of aromatic nitrogens is 2. The zero-order valence-corrected chi connectivity index (χ0v) is 14.4. The Labute approximate surface area is 136 Å². The molecular formula is C18H23N3O2. The summed E-state index contributed by atoms with van der Waals surface area (Å²) < 4.78 is 5.43. The Bertz CT molecular complexity index is 723. The summed E-state index contributed by atoms with van der Waals surface area (Å²) in [6, 6.07) is 6.08. The van der Waals surface area contributed by atoms with Gasteiger partial charge in [-0.25, -0.2) is 0 Å². The summed E-state index contributed by atoms with van der Waals surface area (Å²) in [4.78, 5) is 18.9. The predicted molar refractivity (Wildman–Crippen MR) is 88.6 cm³/mol. The SMILES string of the molecule is Cc1cccc(C)c1N1CC(c2nc(C(C)(C)C)no2)CC1=O. The summed E-state index contributed by atoms with van der Waals surface area (Å²) in [5, 5.41) is 4.07. The lowest BCUT2D eigenvalue weighted by Gasteiger charge is -2.21. The average Bonchev–Trinajstić information content (AvgIpc) is 3.05. The van der Waals surface area contributed by atoms with Gasteiger partial charge in [-0.3, -0.25) is 4.79 Å². The van der Waals surface area contributed by atoms with Crippen LogP contribution in [0.4, 0.5) is 5.69 Å². The van der Waals surface area contributed by atoms with E-state index in [1.807, 2.05) is 57.7 Å². The molecule has 5 nitrogen and oxygen atoms in total. The molecular weight excluding hydrogens is 290 g/mol. The van der Waals surface area contributed by atoms with E-state index in [-0.39, 0.29) is 17.2 Å². The van der Waals surface area contributed by atoms with E-state index in [0.717, 1.165) is 16.8 Å². The topological polar surface area (TPSA) is 59.2 Å². The lowest BCUT2D eigenvalue weighted by Crippen LogP contribution is -2.26. The van der Waals surface area contributed by atoms with Gasteiger partial charge in [-0.15, -0.1) is 0 Å². The number of anilines is 1. The van der Waals surface area contributed by atoms with Gasteiger partial charge in [-0.2, -0.15) is 4.98 Å². The number of amides is 1. The van der Waals surface area contributed by atoms with Crippen molar-refractivity contribution in [2.75, 3.05) is 11.4 Å². The maximum atomic E-state index is 12.5. The molecule has 1 atom stereocenters. The fourth-order valence-corrected chi connectivity index (χ4v) is 3.03. The van der Waals surface area contributed by atoms with Crippen LogP contribution in [0, 0.1) is 13.8 Å². The lowest BCUT2D eigenvalue weighted by molar-refractivity contribution is -0.117. The van der Waals surface area contributed by atoms with E-state index >= 15 is 0 Å². The predicted octanol–water partition coefficient (Wildman–Crippen LogP) is 3.50. The number of carbonyl (C=O) groups is 1. The summed E-state index contributed by atoms with van der Waals surface area (Å²) >= 11 is 0. The van der Waals surface area contributed by atoms with Crippen molar-refractivity contribution in [2.24, 2.45) is 0 Å². The molecule has 0 saturated carbocycles. The number of hydrogen-bond donors (Lipinski definition) is 0. The number of aryl methyl sites for hydroxylation is 2. The highest BCUT2D eigenvalue weighted by atomic mass is 16.5. The summed E-state index contributed by atoms with van der Waals surface area (Å²) in [7, 11) is 0. The molecule has 1 amide bonds. The zero-order valence-electron chi connectivity index (χ0n) is 14.4. The fraction of sp³-hybridized carbons (Fsp3) is 0.500. The molecule has 1 saturated heterocycles. The minimum atomic E-state index is -0.156. The maximum absolute atomic E-state index is 12.5. The van der Waals surface area contributed by atoms with Crippen molar-refractivity contribution < 1.29 is 9.32 Å². The minimum absolute atomic E-state index is 0.0369. The van der Waals surface area contributed by atoms with Crippen LogP contribution in [0.15, 0.2) is 22.7 Å². The van der Waals surface area contributed by atoms with Gasteiger partial charge in [-0.1, -0.05) is 44.1 Å². The molecule has 5 heteroatoms. The molecule has 1 aromatic carbocycles. The van der Waals surface area contributed by atoms with Crippen LogP contribution < -0.4 is 4.90 Å². The summed E-state index contributed by atoms with van der Waals surface area (Å²) in [5.74, 6) is 1.33. The molecule has 2 heterocycles. The molecule has 23 heavy (non-hydrogen) atoms. The molecule has 1 fully saturated rings. The van der Waals surface area contributed by atoms with Gasteiger partial charge in [-0.05, 0) is 25.0 Å². The Kier molecular flexibility index (Phi) is 3.74. The third kappa shape index (κ3) is 2.87. The second-order valence-electron chi connectivity index (χ2n) is 7.35. The van der Waals surface area contributed by atoms with Gasteiger partial charge in [0.2, 0.25) is 11.8 Å². The van der Waals surface area contributed by atoms with Gasteiger partial charge >= 0.3 is 0 Å². The quantitative estimate of drug-likeness (QED) is 0.851. The average molecular weight is 313 g/mol. The number of para-hydroxylation sites is 1. The third-order valence-corrected chi connectivity index (χ3v) is 4.30. The maximum Gasteiger partial charge on any atom is 0.232 e. The molecule has 0 radical (unpaired) electrons. The van der Waals surface area contributed by atoms with Crippen LogP contribution in [0.3, 0.4) is 0 Å². The largest absolute Gasteiger partial charge is 0.339 e. The molecule has 0 aliphatic carbocycles. The molecule has 122 valence electrons. The number of carbonyl (C=O) groups excluding carboxylic acids is 1. The highest BCUT2D eigenvalue weighted by Crippen LogP contribution is 2.35. The van der Waals surface area contributed by atoms with E-state index in [9.17, 15) is 4.79 Å². The third-order valence-electron chi connectivity index (χ3n) is 4.30. The Morgan fingerprint density at radius 3 is 2.43 bits per heavy atom. The zero-order chi connectivity index (χ0) is 16.8. The molecule has 1 unspecified atom stereocenters. The molecule has 1 aliphatic rings. The molecule has 0 bridgehead atoms. The van der Waals surface area contributed by atoms with Crippen LogP contribution in [0.5, 0.6) is 0 Å². The Morgan fingerprint density at radius 1 is 1.22 bits per heavy atom. The van der Waals surface area contributed by atoms with Crippen LogP contribution in [0.25, 0.3) is 0 Å². The first kappa shape index (κ1) is 15.7. The van der Waals surface area contributed by atoms with E-state index < -0.39 is 0 Å². The first-order valence-electron chi connectivity index (χ1n) is 7.98. The number of rotatable bonds is 2. The highest BCUT2D eigenvalue weighted by molar-refractivity contribution is 5.97. The smallest absolute Gasteiger partial charge is 0.232 e. The van der Waals surface area contributed by atoms with Crippen molar-refractivity contribution in [3.63, 3.8) is 0 Å². The van der Waals surface area contributed by atoms with Gasteiger partial charge in [0.25, 0.3) is 0 Å². The van der Waals surface area contributed by atoms with Gasteiger partial charge in [0.15, 0.2) is 5.82 Å². The Hall–Kier alpha value is -2.17. The van der Waals surface area contributed by atoms with Crippen molar-refractivity contribution in [3.8, 4) is 0 Å². The number of benzene rings is 1. The Balaban J connectivity index is 1.87. The van der Waals surface area contributed by atoms with Gasteiger partial charge in [0, 0.05) is 24.1 Å². The van der Waals surface area contributed by atoms with E-state index in [4.69, 9.17) is 4.52 Å². The van der Waals surface area contributed by atoms with Crippen LogP contribution in [-0.4, -0.2) is 22.6 Å². The van der Waals surface area contributed by atoms with Crippen LogP contribution >= 0.6 is 0 Å². The Morgan fingerprint density at radius 2 is 1.87 bits per heavy atom. The monoisotopic (exact) mass is 313 g/mol. The molecule has 2 aromatic rings. The van der Waals surface area contributed by atoms with Crippen LogP contribution in [-0.2, 0) is 10.2 Å². The summed E-state index contributed by atoms with van der Waals surface area (Å²) in [6.07, 6.45) is 0.416. The number of hydrogen-bond acceptors (Lipinski definition) is 4. The van der Waals surface area contributed by atoms with Crippen molar-refractivity contribution >= 4 is 11.6 Å². The summed E-state index contributed by atoms with van der Waals surface area (Å²) in [6.45, 7) is 10.8. The normalized spacial score (nSPS) is 18.7. The number of nitrogens with zero attached hydrogens (tertiary/aromatic N) is 3. The fourth-order valence-electron chi connectivity index (χ4n) is 3.03. The van der Waals surface area contributed by atoms with Crippen LogP contribution in [0.2, 0.25) is 0 Å². The van der Waals surface area contributed by atoms with E-state index in [0.29, 0.717) is 24.7 Å². The van der Waals surface area contributed by atoms with Crippen molar-refractivity contribution in [1.29, 1.82) is 0 Å². The molecule has 1 aliphatic heterocycles. The first-order valence-corrected chi connectivity index (χ1v) is 7.98. The molecule has 3 rings (SSSR count). The highest BCUT2D eigenvalue weighted by Gasteiger charge is 2.36. The second-order valence-corrected chi connectivity index (χ2v) is 7.35. The molecule has 1 aromatic heterocycles. The van der Waals surface area contributed by atoms with E-state index in [2.05, 4.69) is 10.1 Å². The lowest BCUT2D eigenvalue weighted by atomic mass is 9.96. The van der Waals surface area contributed by atoms with Gasteiger partial charge in [0.05, 0.1) is 5.92 Å². The summed E-state index contributed by atoms with van der Waals surface area (Å²) in [5.41, 5.74) is 3.08. The minimum Gasteiger partial charge on any atom is -0.339 e. The van der Waals surface area contributed by atoms with E-state index in [1.165, 1.54) is 0 Å². The molecule has 0 N–H and O–H groups in total. The van der Waals surface area contributed by atoms with Gasteiger partial charge in [0.1, 0.15) is 0 Å². The van der Waals surface area contributed by atoms with Crippen LogP contribution in [0.1, 0.15) is 56.0 Å². The van der Waals surface area contributed by atoms with Crippen molar-refractivity contribution in [1.82, 2.24) is 10.1 Å². The second kappa shape index (κ2) is 5.48. The molecule has 0 spiro atoms. The van der Waals surface area contributed by atoms with Gasteiger partial charge < -0.3 is 9.42 Å². The van der Waals surface area contributed by atoms with Crippen molar-refractivity contribution in [3.05, 3.63) is 41.0 Å². The van der Waals surface area contributed by atoms with E-state index in [1.54, 1.807) is 0 Å².